The van der Waals surface area contributed by atoms with E-state index in [0.717, 1.165) is 17.3 Å². The van der Waals surface area contributed by atoms with Crippen molar-refractivity contribution in [3.63, 3.8) is 0 Å². The molecule has 1 saturated heterocycles. The number of hydrogen-bond acceptors (Lipinski definition) is 4. The van der Waals surface area contributed by atoms with Crippen LogP contribution >= 0.6 is 23.5 Å². The molecule has 6 heteroatoms. The van der Waals surface area contributed by atoms with Crippen LogP contribution in [0.1, 0.15) is 37.9 Å². The van der Waals surface area contributed by atoms with Crippen molar-refractivity contribution in [2.75, 3.05) is 17.3 Å². The number of hydrogen-bond donors (Lipinski definition) is 1. The van der Waals surface area contributed by atoms with Crippen LogP contribution < -0.4 is 0 Å². The largest absolute Gasteiger partial charge is 0.481 e. The van der Waals surface area contributed by atoms with Gasteiger partial charge in [0.15, 0.2) is 5.16 Å². The molecule has 18 heavy (non-hydrogen) atoms. The molecule has 0 aliphatic carbocycles. The number of carboxylic acid groups (broad SMARTS) is 1. The first-order chi connectivity index (χ1) is 8.59. The van der Waals surface area contributed by atoms with E-state index in [1.54, 1.807) is 0 Å². The van der Waals surface area contributed by atoms with Gasteiger partial charge in [-0.3, -0.25) is 4.79 Å². The zero-order chi connectivity index (χ0) is 13.1. The maximum atomic E-state index is 10.7. The summed E-state index contributed by atoms with van der Waals surface area (Å²) in [4.78, 5) is 15.1. The molecule has 2 rings (SSSR count). The lowest BCUT2D eigenvalue weighted by atomic mass is 10.1. The van der Waals surface area contributed by atoms with Gasteiger partial charge >= 0.3 is 5.97 Å². The topological polar surface area (TPSA) is 55.1 Å². The van der Waals surface area contributed by atoms with Crippen molar-refractivity contribution in [2.24, 2.45) is 0 Å². The highest BCUT2D eigenvalue weighted by Crippen LogP contribution is 2.34. The second-order valence-electron chi connectivity index (χ2n) is 4.69. The molecule has 2 heterocycles. The molecule has 4 nitrogen and oxygen atoms in total. The van der Waals surface area contributed by atoms with Gasteiger partial charge in [0.05, 0.1) is 5.75 Å². The summed E-state index contributed by atoms with van der Waals surface area (Å²) in [5, 5.41) is 9.64. The van der Waals surface area contributed by atoms with Crippen LogP contribution in [0.3, 0.4) is 0 Å². The molecule has 1 atom stereocenters. The first-order valence-corrected chi connectivity index (χ1v) is 8.23. The van der Waals surface area contributed by atoms with Crippen molar-refractivity contribution in [2.45, 2.75) is 37.4 Å². The van der Waals surface area contributed by atoms with Gasteiger partial charge in [-0.15, -0.1) is 0 Å². The van der Waals surface area contributed by atoms with Gasteiger partial charge in [-0.1, -0.05) is 25.6 Å². The fourth-order valence-corrected chi connectivity index (χ4v) is 4.08. The quantitative estimate of drug-likeness (QED) is 0.844. The fraction of sp³-hybridized carbons (Fsp3) is 0.667. The van der Waals surface area contributed by atoms with Crippen LogP contribution in [0.2, 0.25) is 0 Å². The van der Waals surface area contributed by atoms with E-state index in [0.29, 0.717) is 12.0 Å². The van der Waals surface area contributed by atoms with Gasteiger partial charge in [0.2, 0.25) is 0 Å². The number of thioether (sulfide) groups is 2. The average Bonchev–Trinajstić information content (AvgIpc) is 2.94. The van der Waals surface area contributed by atoms with Gasteiger partial charge in [0.25, 0.3) is 0 Å². The standard InChI is InChI=1S/C12H18N2O2S2/c1-8(2)10-5-13-12(18-7-11(15)16)14(10)9-3-4-17-6-9/h5,8-9H,3-4,6-7H2,1-2H3,(H,15,16). The Kier molecular flexibility index (Phi) is 4.61. The maximum Gasteiger partial charge on any atom is 0.313 e. The minimum Gasteiger partial charge on any atom is -0.481 e. The van der Waals surface area contributed by atoms with Crippen molar-refractivity contribution in [3.05, 3.63) is 11.9 Å². The van der Waals surface area contributed by atoms with Gasteiger partial charge in [-0.2, -0.15) is 11.8 Å². The highest BCUT2D eigenvalue weighted by atomic mass is 32.2. The van der Waals surface area contributed by atoms with Crippen LogP contribution in [0.15, 0.2) is 11.4 Å². The zero-order valence-corrected chi connectivity index (χ0v) is 12.3. The van der Waals surface area contributed by atoms with Crippen LogP contribution in [-0.4, -0.2) is 37.9 Å². The molecular weight excluding hydrogens is 268 g/mol. The van der Waals surface area contributed by atoms with Gasteiger partial charge < -0.3 is 9.67 Å². The molecule has 0 bridgehead atoms. The SMILES string of the molecule is CC(C)c1cnc(SCC(=O)O)n1C1CCSC1. The molecule has 1 N–H and O–H groups in total. The number of rotatable bonds is 5. The molecule has 0 spiro atoms. The number of aromatic nitrogens is 2. The van der Waals surface area contributed by atoms with Crippen molar-refractivity contribution >= 4 is 29.5 Å². The Balaban J connectivity index is 2.25. The first-order valence-electron chi connectivity index (χ1n) is 6.09. The number of imidazole rings is 1. The smallest absolute Gasteiger partial charge is 0.313 e. The van der Waals surface area contributed by atoms with E-state index in [1.165, 1.54) is 23.2 Å². The zero-order valence-electron chi connectivity index (χ0n) is 10.6. The molecule has 0 radical (unpaired) electrons. The number of aliphatic carboxylic acids is 1. The van der Waals surface area contributed by atoms with E-state index < -0.39 is 5.97 Å². The van der Waals surface area contributed by atoms with E-state index in [-0.39, 0.29) is 5.75 Å². The molecule has 0 saturated carbocycles. The van der Waals surface area contributed by atoms with E-state index in [4.69, 9.17) is 5.11 Å². The number of carbonyl (C=O) groups is 1. The lowest BCUT2D eigenvalue weighted by Crippen LogP contribution is -2.14. The minimum atomic E-state index is -0.790. The van der Waals surface area contributed by atoms with Crippen LogP contribution in [0.5, 0.6) is 0 Å². The number of nitrogens with zero attached hydrogens (tertiary/aromatic N) is 2. The second-order valence-corrected chi connectivity index (χ2v) is 6.78. The fourth-order valence-electron chi connectivity index (χ4n) is 2.11. The van der Waals surface area contributed by atoms with Crippen LogP contribution in [0, 0.1) is 0 Å². The summed E-state index contributed by atoms with van der Waals surface area (Å²) in [6.07, 6.45) is 3.05. The maximum absolute atomic E-state index is 10.7. The predicted octanol–water partition coefficient (Wildman–Crippen LogP) is 2.86. The average molecular weight is 286 g/mol. The summed E-state index contributed by atoms with van der Waals surface area (Å²) >= 11 is 3.28. The molecule has 1 aromatic rings. The lowest BCUT2D eigenvalue weighted by Gasteiger charge is -2.19. The van der Waals surface area contributed by atoms with Gasteiger partial charge in [0, 0.05) is 23.7 Å². The van der Waals surface area contributed by atoms with Crippen molar-refractivity contribution in [1.29, 1.82) is 0 Å². The third-order valence-electron chi connectivity index (χ3n) is 2.98. The first kappa shape index (κ1) is 13.8. The van der Waals surface area contributed by atoms with E-state index in [2.05, 4.69) is 23.4 Å². The third kappa shape index (κ3) is 3.03. The van der Waals surface area contributed by atoms with E-state index >= 15 is 0 Å². The highest BCUT2D eigenvalue weighted by molar-refractivity contribution is 8.00. The Bertz CT molecular complexity index is 426. The monoisotopic (exact) mass is 286 g/mol. The molecule has 1 aliphatic rings. The Labute approximate surface area is 116 Å². The Morgan fingerprint density at radius 3 is 3.06 bits per heavy atom. The Morgan fingerprint density at radius 1 is 1.72 bits per heavy atom. The number of carboxylic acids is 1. The molecule has 100 valence electrons. The molecule has 0 aromatic carbocycles. The van der Waals surface area contributed by atoms with Gasteiger partial charge in [-0.25, -0.2) is 4.98 Å². The predicted molar refractivity (Wildman–Crippen MR) is 75.7 cm³/mol. The summed E-state index contributed by atoms with van der Waals surface area (Å²) in [7, 11) is 0. The van der Waals surface area contributed by atoms with E-state index in [1.807, 2.05) is 18.0 Å². The van der Waals surface area contributed by atoms with Crippen molar-refractivity contribution in [1.82, 2.24) is 9.55 Å². The van der Waals surface area contributed by atoms with Gasteiger partial charge in [-0.05, 0) is 18.1 Å². The molecule has 0 amide bonds. The minimum absolute atomic E-state index is 0.0778. The molecule has 1 fully saturated rings. The molecule has 1 unspecified atom stereocenters. The second kappa shape index (κ2) is 6.02. The lowest BCUT2D eigenvalue weighted by molar-refractivity contribution is -0.133. The Morgan fingerprint density at radius 2 is 2.50 bits per heavy atom. The van der Waals surface area contributed by atoms with Crippen molar-refractivity contribution < 1.29 is 9.90 Å². The summed E-state index contributed by atoms with van der Waals surface area (Å²) < 4.78 is 2.26. The summed E-state index contributed by atoms with van der Waals surface area (Å²) in [5.74, 6) is 2.00. The summed E-state index contributed by atoms with van der Waals surface area (Å²) in [5.41, 5.74) is 1.22. The van der Waals surface area contributed by atoms with Crippen LogP contribution in [0.25, 0.3) is 0 Å². The molecule has 1 aromatic heterocycles. The molecular formula is C12H18N2O2S2. The van der Waals surface area contributed by atoms with Crippen LogP contribution in [0.4, 0.5) is 0 Å². The van der Waals surface area contributed by atoms with Crippen molar-refractivity contribution in [3.8, 4) is 0 Å². The van der Waals surface area contributed by atoms with Crippen LogP contribution in [-0.2, 0) is 4.79 Å². The summed E-state index contributed by atoms with van der Waals surface area (Å²) in [6, 6.07) is 0.478. The summed E-state index contributed by atoms with van der Waals surface area (Å²) in [6.45, 7) is 4.31. The van der Waals surface area contributed by atoms with Gasteiger partial charge in [0.1, 0.15) is 0 Å². The highest BCUT2D eigenvalue weighted by Gasteiger charge is 2.24. The molecule has 1 aliphatic heterocycles. The Hall–Kier alpha value is -0.620. The van der Waals surface area contributed by atoms with E-state index in [9.17, 15) is 4.79 Å². The third-order valence-corrected chi connectivity index (χ3v) is 5.08. The normalized spacial score (nSPS) is 19.6.